The number of aromatic nitrogens is 2. The van der Waals surface area contributed by atoms with Crippen LogP contribution in [0.25, 0.3) is 11.5 Å². The smallest absolute Gasteiger partial charge is 0.250 e. The summed E-state index contributed by atoms with van der Waals surface area (Å²) in [6.07, 6.45) is 0.588. The van der Waals surface area contributed by atoms with Gasteiger partial charge < -0.3 is 4.42 Å². The number of benzene rings is 1. The van der Waals surface area contributed by atoms with E-state index in [1.54, 1.807) is 18.2 Å². The summed E-state index contributed by atoms with van der Waals surface area (Å²) in [5, 5.41) is 7.57. The first-order valence-electron chi connectivity index (χ1n) is 4.49. The molecule has 0 aliphatic rings. The van der Waals surface area contributed by atoms with Gasteiger partial charge >= 0.3 is 0 Å². The first-order valence-corrected chi connectivity index (χ1v) is 5.12. The van der Waals surface area contributed by atoms with E-state index in [1.165, 1.54) is 6.07 Å². The molecular weight excluding hydrogens is 215 g/mol. The molecule has 1 aromatic carbocycles. The van der Waals surface area contributed by atoms with Crippen LogP contribution in [0.3, 0.4) is 0 Å². The van der Waals surface area contributed by atoms with E-state index in [9.17, 15) is 4.39 Å². The Balaban J connectivity index is 2.33. The van der Waals surface area contributed by atoms with Gasteiger partial charge in [0, 0.05) is 6.42 Å². The second-order valence-corrected chi connectivity index (χ2v) is 3.40. The van der Waals surface area contributed by atoms with Crippen molar-refractivity contribution in [3.05, 3.63) is 36.0 Å². The van der Waals surface area contributed by atoms with Gasteiger partial charge in [-0.3, -0.25) is 0 Å². The number of hydrogen-bond acceptors (Lipinski definition) is 4. The topological polar surface area (TPSA) is 38.9 Å². The molecule has 0 spiro atoms. The number of nitrogens with zero attached hydrogens (tertiary/aromatic N) is 2. The van der Waals surface area contributed by atoms with Crippen LogP contribution < -0.4 is 0 Å². The maximum Gasteiger partial charge on any atom is 0.250 e. The highest BCUT2D eigenvalue weighted by Crippen LogP contribution is 2.20. The predicted molar refractivity (Wildman–Crippen MR) is 57.2 cm³/mol. The van der Waals surface area contributed by atoms with E-state index in [1.807, 2.05) is 0 Å². The van der Waals surface area contributed by atoms with Crippen LogP contribution >= 0.6 is 12.6 Å². The van der Waals surface area contributed by atoms with E-state index in [-0.39, 0.29) is 11.7 Å². The van der Waals surface area contributed by atoms with Crippen molar-refractivity contribution in [2.75, 3.05) is 5.75 Å². The van der Waals surface area contributed by atoms with E-state index >= 15 is 0 Å². The minimum atomic E-state index is -0.362. The molecule has 0 atom stereocenters. The summed E-state index contributed by atoms with van der Waals surface area (Å²) in [5.74, 6) is 0.950. The van der Waals surface area contributed by atoms with Crippen molar-refractivity contribution >= 4 is 12.6 Å². The Bertz CT molecular complexity index is 458. The van der Waals surface area contributed by atoms with Crippen LogP contribution in [0, 0.1) is 5.82 Å². The lowest BCUT2D eigenvalue weighted by Gasteiger charge is -1.95. The summed E-state index contributed by atoms with van der Waals surface area (Å²) in [7, 11) is 0. The minimum Gasteiger partial charge on any atom is -0.421 e. The molecule has 0 saturated carbocycles. The number of rotatable bonds is 3. The third-order valence-corrected chi connectivity index (χ3v) is 2.12. The van der Waals surface area contributed by atoms with Gasteiger partial charge in [0.05, 0.1) is 5.56 Å². The molecule has 0 saturated heterocycles. The van der Waals surface area contributed by atoms with Gasteiger partial charge in [0.25, 0.3) is 5.89 Å². The molecule has 15 heavy (non-hydrogen) atoms. The molecule has 1 aromatic heterocycles. The van der Waals surface area contributed by atoms with Crippen LogP contribution in [0.5, 0.6) is 0 Å². The summed E-state index contributed by atoms with van der Waals surface area (Å²) in [5.41, 5.74) is 0.329. The van der Waals surface area contributed by atoms with Crippen LogP contribution in [0.15, 0.2) is 28.7 Å². The van der Waals surface area contributed by atoms with Crippen molar-refractivity contribution in [2.45, 2.75) is 6.42 Å². The number of aryl methyl sites for hydroxylation is 1. The molecule has 0 fully saturated rings. The highest BCUT2D eigenvalue weighted by Gasteiger charge is 2.11. The van der Waals surface area contributed by atoms with Gasteiger partial charge in [0.15, 0.2) is 0 Å². The predicted octanol–water partition coefficient (Wildman–Crippen LogP) is 2.35. The molecule has 2 aromatic rings. The van der Waals surface area contributed by atoms with Crippen LogP contribution in [-0.4, -0.2) is 16.0 Å². The quantitative estimate of drug-likeness (QED) is 0.813. The third-order valence-electron chi connectivity index (χ3n) is 1.90. The fourth-order valence-electron chi connectivity index (χ4n) is 1.19. The number of thiol groups is 1. The van der Waals surface area contributed by atoms with Crippen LogP contribution in [0.2, 0.25) is 0 Å². The zero-order chi connectivity index (χ0) is 10.7. The fourth-order valence-corrected chi connectivity index (χ4v) is 1.39. The summed E-state index contributed by atoms with van der Waals surface area (Å²) in [4.78, 5) is 0. The van der Waals surface area contributed by atoms with Crippen molar-refractivity contribution in [1.29, 1.82) is 0 Å². The Morgan fingerprint density at radius 3 is 2.80 bits per heavy atom. The molecule has 5 heteroatoms. The van der Waals surface area contributed by atoms with Crippen LogP contribution in [0.1, 0.15) is 5.89 Å². The Morgan fingerprint density at radius 2 is 2.07 bits per heavy atom. The van der Waals surface area contributed by atoms with E-state index < -0.39 is 0 Å². The lowest BCUT2D eigenvalue weighted by atomic mass is 10.2. The van der Waals surface area contributed by atoms with Gasteiger partial charge in [-0.25, -0.2) is 4.39 Å². The normalized spacial score (nSPS) is 10.5. The average molecular weight is 224 g/mol. The van der Waals surface area contributed by atoms with Crippen molar-refractivity contribution in [2.24, 2.45) is 0 Å². The molecular formula is C10H9FN2OS. The highest BCUT2D eigenvalue weighted by atomic mass is 32.1. The average Bonchev–Trinajstić information content (AvgIpc) is 2.68. The number of halogens is 1. The lowest BCUT2D eigenvalue weighted by Crippen LogP contribution is -1.84. The van der Waals surface area contributed by atoms with Gasteiger partial charge in [-0.1, -0.05) is 12.1 Å². The van der Waals surface area contributed by atoms with Gasteiger partial charge in [0.2, 0.25) is 5.89 Å². The first-order chi connectivity index (χ1) is 7.31. The molecule has 0 radical (unpaired) electrons. The van der Waals surface area contributed by atoms with Crippen LogP contribution in [-0.2, 0) is 6.42 Å². The third kappa shape index (κ3) is 2.18. The van der Waals surface area contributed by atoms with Crippen molar-refractivity contribution in [3.63, 3.8) is 0 Å². The standard InChI is InChI=1S/C10H9FN2OS/c11-8-4-2-1-3-7(8)10-13-12-9(14-10)5-6-15/h1-4,15H,5-6H2. The largest absolute Gasteiger partial charge is 0.421 e. The fraction of sp³-hybridized carbons (Fsp3) is 0.200. The summed E-state index contributed by atoms with van der Waals surface area (Å²) >= 11 is 4.05. The summed E-state index contributed by atoms with van der Waals surface area (Å²) < 4.78 is 18.6. The minimum absolute atomic E-state index is 0.213. The molecule has 2 rings (SSSR count). The lowest BCUT2D eigenvalue weighted by molar-refractivity contribution is 0.509. The Morgan fingerprint density at radius 1 is 1.27 bits per heavy atom. The maximum atomic E-state index is 13.3. The monoisotopic (exact) mass is 224 g/mol. The van der Waals surface area contributed by atoms with Gasteiger partial charge in [-0.2, -0.15) is 12.6 Å². The van der Waals surface area contributed by atoms with Gasteiger partial charge in [0.1, 0.15) is 5.82 Å². The summed E-state index contributed by atoms with van der Waals surface area (Å²) in [6.45, 7) is 0. The Kier molecular flexibility index (Phi) is 3.01. The van der Waals surface area contributed by atoms with Crippen molar-refractivity contribution in [3.8, 4) is 11.5 Å². The Hall–Kier alpha value is -1.36. The van der Waals surface area contributed by atoms with E-state index in [0.717, 1.165) is 0 Å². The molecule has 3 nitrogen and oxygen atoms in total. The van der Waals surface area contributed by atoms with Crippen molar-refractivity contribution < 1.29 is 8.81 Å². The molecule has 0 aliphatic heterocycles. The molecule has 0 unspecified atom stereocenters. The summed E-state index contributed by atoms with van der Waals surface area (Å²) in [6, 6.07) is 6.30. The van der Waals surface area contributed by atoms with Gasteiger partial charge in [-0.05, 0) is 17.9 Å². The zero-order valence-electron chi connectivity index (χ0n) is 7.85. The molecule has 0 amide bonds. The Labute approximate surface area is 91.7 Å². The zero-order valence-corrected chi connectivity index (χ0v) is 8.75. The molecule has 0 aliphatic carbocycles. The molecule has 78 valence electrons. The first kappa shape index (κ1) is 10.2. The van der Waals surface area contributed by atoms with Gasteiger partial charge in [-0.15, -0.1) is 10.2 Å². The number of hydrogen-bond donors (Lipinski definition) is 1. The highest BCUT2D eigenvalue weighted by molar-refractivity contribution is 7.80. The van der Waals surface area contributed by atoms with E-state index in [4.69, 9.17) is 4.42 Å². The van der Waals surface area contributed by atoms with E-state index in [2.05, 4.69) is 22.8 Å². The second-order valence-electron chi connectivity index (χ2n) is 2.95. The maximum absolute atomic E-state index is 13.3. The van der Waals surface area contributed by atoms with Crippen molar-refractivity contribution in [1.82, 2.24) is 10.2 Å². The second kappa shape index (κ2) is 4.44. The SMILES string of the molecule is Fc1ccccc1-c1nnc(CCS)o1. The molecule has 0 bridgehead atoms. The van der Waals surface area contributed by atoms with E-state index in [0.29, 0.717) is 23.6 Å². The molecule has 1 heterocycles. The van der Waals surface area contributed by atoms with Crippen LogP contribution in [0.4, 0.5) is 4.39 Å². The molecule has 0 N–H and O–H groups in total.